The van der Waals surface area contributed by atoms with Gasteiger partial charge in [-0.05, 0) is 42.3 Å². The van der Waals surface area contributed by atoms with Gasteiger partial charge in [-0.2, -0.15) is 5.10 Å². The van der Waals surface area contributed by atoms with Crippen LogP contribution in [0.4, 0.5) is 0 Å². The number of aromatic nitrogens is 2. The lowest BCUT2D eigenvalue weighted by molar-refractivity contribution is 0.256. The minimum absolute atomic E-state index is 0.0132. The van der Waals surface area contributed by atoms with Crippen LogP contribution >= 0.6 is 11.6 Å². The van der Waals surface area contributed by atoms with Crippen LogP contribution in [0.3, 0.4) is 0 Å². The lowest BCUT2D eigenvalue weighted by Gasteiger charge is -2.18. The molecule has 0 aliphatic heterocycles. The summed E-state index contributed by atoms with van der Waals surface area (Å²) in [5, 5.41) is 14.3. The van der Waals surface area contributed by atoms with Gasteiger partial charge in [0.15, 0.2) is 11.5 Å². The van der Waals surface area contributed by atoms with Crippen LogP contribution < -0.4 is 24.4 Å². The van der Waals surface area contributed by atoms with Crippen molar-refractivity contribution in [3.8, 4) is 23.0 Å². The van der Waals surface area contributed by atoms with Crippen LogP contribution in [0.5, 0.6) is 23.0 Å². The van der Waals surface area contributed by atoms with Gasteiger partial charge in [0.05, 0.1) is 36.8 Å². The van der Waals surface area contributed by atoms with Crippen molar-refractivity contribution < 1.29 is 24.1 Å². The van der Waals surface area contributed by atoms with Crippen molar-refractivity contribution >= 4 is 22.5 Å². The molecule has 0 amide bonds. The zero-order valence-electron chi connectivity index (χ0n) is 20.3. The van der Waals surface area contributed by atoms with Gasteiger partial charge >= 0.3 is 0 Å². The van der Waals surface area contributed by atoms with E-state index in [1.165, 1.54) is 0 Å². The largest absolute Gasteiger partial charge is 0.497 e. The van der Waals surface area contributed by atoms with Crippen molar-refractivity contribution in [3.63, 3.8) is 0 Å². The van der Waals surface area contributed by atoms with E-state index in [9.17, 15) is 9.90 Å². The van der Waals surface area contributed by atoms with E-state index < -0.39 is 12.0 Å². The maximum absolute atomic E-state index is 13.1. The van der Waals surface area contributed by atoms with Crippen LogP contribution in [0, 0.1) is 0 Å². The number of hydrogen-bond acceptors (Lipinski definition) is 7. The number of aliphatic hydroxyl groups excluding tert-OH is 1. The van der Waals surface area contributed by atoms with Crippen LogP contribution in [0.2, 0.25) is 5.02 Å². The third-order valence-electron chi connectivity index (χ3n) is 5.72. The Bertz CT molecular complexity index is 1400. The number of hydrogen-bond donors (Lipinski definition) is 1. The number of aliphatic hydroxyl groups is 1. The summed E-state index contributed by atoms with van der Waals surface area (Å²) in [6, 6.07) is 16.6. The molecule has 36 heavy (non-hydrogen) atoms. The molecular weight excluding hydrogens is 484 g/mol. The quantitative estimate of drug-likeness (QED) is 0.329. The second-order valence-electron chi connectivity index (χ2n) is 7.94. The molecule has 4 aromatic rings. The number of rotatable bonds is 10. The monoisotopic (exact) mass is 510 g/mol. The summed E-state index contributed by atoms with van der Waals surface area (Å²) in [7, 11) is 3.21. The number of ether oxygens (including phenoxy) is 4. The molecule has 188 valence electrons. The van der Waals surface area contributed by atoms with Gasteiger partial charge in [0, 0.05) is 12.6 Å². The second kappa shape index (κ2) is 11.3. The first-order chi connectivity index (χ1) is 17.5. The molecule has 0 fully saturated rings. The highest BCUT2D eigenvalue weighted by molar-refractivity contribution is 6.37. The fourth-order valence-electron chi connectivity index (χ4n) is 3.75. The van der Waals surface area contributed by atoms with Gasteiger partial charge in [0.2, 0.25) is 5.43 Å². The fourth-order valence-corrected chi connectivity index (χ4v) is 4.08. The molecule has 0 aliphatic carbocycles. The van der Waals surface area contributed by atoms with Gasteiger partial charge in [-0.1, -0.05) is 35.9 Å². The smallest absolute Gasteiger partial charge is 0.215 e. The number of benzene rings is 3. The third-order valence-corrected chi connectivity index (χ3v) is 6.08. The highest BCUT2D eigenvalue weighted by Crippen LogP contribution is 2.41. The predicted molar refractivity (Wildman–Crippen MR) is 137 cm³/mol. The summed E-state index contributed by atoms with van der Waals surface area (Å²) < 4.78 is 24.3. The molecule has 0 aliphatic rings. The average Bonchev–Trinajstić information content (AvgIpc) is 2.92. The Morgan fingerprint density at radius 3 is 1.97 bits per heavy atom. The molecule has 0 bridgehead atoms. The Kier molecular flexibility index (Phi) is 7.97. The first kappa shape index (κ1) is 25.3. The zero-order chi connectivity index (χ0) is 25.7. The normalized spacial score (nSPS) is 10.9. The summed E-state index contributed by atoms with van der Waals surface area (Å²) in [6.07, 6.45) is 0. The summed E-state index contributed by atoms with van der Waals surface area (Å²) in [5.74, 6) is 2.09. The maximum Gasteiger partial charge on any atom is 0.215 e. The van der Waals surface area contributed by atoms with Crippen LogP contribution in [0.25, 0.3) is 10.9 Å². The van der Waals surface area contributed by atoms with Gasteiger partial charge in [-0.3, -0.25) is 9.48 Å². The number of halogens is 1. The minimum Gasteiger partial charge on any atom is -0.497 e. The van der Waals surface area contributed by atoms with Gasteiger partial charge in [0.25, 0.3) is 0 Å². The molecule has 0 spiro atoms. The number of aryl methyl sites for hydroxylation is 1. The van der Waals surface area contributed by atoms with Gasteiger partial charge in [0.1, 0.15) is 30.4 Å². The lowest BCUT2D eigenvalue weighted by Crippen LogP contribution is -2.19. The highest BCUT2D eigenvalue weighted by atomic mass is 35.5. The topological polar surface area (TPSA) is 92.0 Å². The molecule has 9 heteroatoms. The Morgan fingerprint density at radius 1 is 0.917 bits per heavy atom. The molecule has 3 aromatic carbocycles. The van der Waals surface area contributed by atoms with E-state index >= 15 is 0 Å². The Hall–Kier alpha value is -3.75. The van der Waals surface area contributed by atoms with E-state index in [0.29, 0.717) is 17.8 Å². The Morgan fingerprint density at radius 2 is 1.47 bits per heavy atom. The number of methoxy groups -OCH3 is 2. The summed E-state index contributed by atoms with van der Waals surface area (Å²) in [5.41, 5.74) is 1.85. The molecule has 0 unspecified atom stereocenters. The number of fused-ring (bicyclic) bond motifs is 1. The van der Waals surface area contributed by atoms with Crippen molar-refractivity contribution in [1.82, 2.24) is 9.78 Å². The van der Waals surface area contributed by atoms with E-state index in [0.717, 1.165) is 22.6 Å². The molecular formula is C27H27ClN2O6. The predicted octanol–water partition coefficient (Wildman–Crippen LogP) is 4.74. The third kappa shape index (κ3) is 5.24. The van der Waals surface area contributed by atoms with E-state index in [1.807, 2.05) is 55.5 Å². The van der Waals surface area contributed by atoms with Crippen molar-refractivity contribution in [2.45, 2.75) is 33.3 Å². The van der Waals surface area contributed by atoms with Crippen molar-refractivity contribution in [2.24, 2.45) is 0 Å². The van der Waals surface area contributed by atoms with E-state index in [-0.39, 0.29) is 35.1 Å². The van der Waals surface area contributed by atoms with Gasteiger partial charge in [-0.15, -0.1) is 0 Å². The van der Waals surface area contributed by atoms with E-state index in [4.69, 9.17) is 30.5 Å². The maximum atomic E-state index is 13.1. The Labute approximate surface area is 213 Å². The molecule has 0 atom stereocenters. The zero-order valence-corrected chi connectivity index (χ0v) is 21.0. The summed E-state index contributed by atoms with van der Waals surface area (Å²) >= 11 is 6.78. The van der Waals surface area contributed by atoms with Gasteiger partial charge < -0.3 is 24.1 Å². The average molecular weight is 511 g/mol. The fraction of sp³-hybridized carbons (Fsp3) is 0.259. The van der Waals surface area contributed by atoms with Crippen molar-refractivity contribution in [2.75, 3.05) is 14.2 Å². The summed E-state index contributed by atoms with van der Waals surface area (Å²) in [6.45, 7) is 2.28. The number of nitrogens with zero attached hydrogens (tertiary/aromatic N) is 2. The first-order valence-electron chi connectivity index (χ1n) is 11.4. The molecule has 0 saturated carbocycles. The van der Waals surface area contributed by atoms with Crippen LogP contribution in [0.1, 0.15) is 23.7 Å². The summed E-state index contributed by atoms with van der Waals surface area (Å²) in [4.78, 5) is 13.1. The molecule has 0 radical (unpaired) electrons. The second-order valence-corrected chi connectivity index (χ2v) is 8.31. The van der Waals surface area contributed by atoms with Crippen molar-refractivity contribution in [3.05, 3.63) is 86.7 Å². The lowest BCUT2D eigenvalue weighted by atomic mass is 10.1. The van der Waals surface area contributed by atoms with Crippen LogP contribution in [-0.4, -0.2) is 29.1 Å². The molecule has 1 heterocycles. The minimum atomic E-state index is -0.497. The molecule has 0 saturated heterocycles. The molecule has 1 N–H and O–H groups in total. The highest BCUT2D eigenvalue weighted by Gasteiger charge is 2.21. The van der Waals surface area contributed by atoms with E-state index in [2.05, 4.69) is 5.10 Å². The first-order valence-corrected chi connectivity index (χ1v) is 11.7. The Balaban J connectivity index is 1.76. The molecule has 8 nitrogen and oxygen atoms in total. The standard InChI is InChI=1S/C27H27ClN2O6/c1-4-30-22-13-23(35-15-17-5-9-19(33-2)10-6-17)27(25(28)24(22)26(32)21(14-31)29-30)36-16-18-7-11-20(34-3)12-8-18/h5-13,31H,4,14-16H2,1-3H3. The molecule has 4 rings (SSSR count). The SMILES string of the molecule is CCn1nc(CO)c(=O)c2c(Cl)c(OCc3ccc(OC)cc3)c(OCc3ccc(OC)cc3)cc21. The molecule has 1 aromatic heterocycles. The van der Waals surface area contributed by atoms with Crippen molar-refractivity contribution in [1.29, 1.82) is 0 Å². The van der Waals surface area contributed by atoms with Crippen LogP contribution in [0.15, 0.2) is 59.4 Å². The van der Waals surface area contributed by atoms with Crippen LogP contribution in [-0.2, 0) is 26.4 Å². The van der Waals surface area contributed by atoms with Gasteiger partial charge in [-0.25, -0.2) is 0 Å². The van der Waals surface area contributed by atoms with E-state index in [1.54, 1.807) is 25.0 Å².